The quantitative estimate of drug-likeness (QED) is 0.864. The number of aromatic hydroxyl groups is 1. The molecule has 1 rings (SSSR count). The number of methoxy groups -OCH3 is 1. The van der Waals surface area contributed by atoms with E-state index in [1.807, 2.05) is 13.8 Å². The van der Waals surface area contributed by atoms with Gasteiger partial charge in [0.2, 0.25) is 0 Å². The predicted molar refractivity (Wildman–Crippen MR) is 69.3 cm³/mol. The number of phenols is 1. The van der Waals surface area contributed by atoms with E-state index in [0.717, 1.165) is 11.1 Å². The average Bonchev–Trinajstić information content (AvgIpc) is 2.29. The number of carboxylic acid groups (broad SMARTS) is 1. The van der Waals surface area contributed by atoms with E-state index < -0.39 is 11.4 Å². The standard InChI is InChI=1S/C14H20O4/c1-8-6-11(18-5)12(15)10(9(8)2)7-14(3,4)13(16)17/h6,15H,7H2,1-5H3,(H,16,17). The van der Waals surface area contributed by atoms with Gasteiger partial charge in [-0.1, -0.05) is 0 Å². The Balaban J connectivity index is 3.32. The van der Waals surface area contributed by atoms with E-state index in [9.17, 15) is 9.90 Å². The van der Waals surface area contributed by atoms with Gasteiger partial charge in [-0.05, 0) is 51.3 Å². The van der Waals surface area contributed by atoms with Crippen molar-refractivity contribution in [3.05, 3.63) is 22.8 Å². The summed E-state index contributed by atoms with van der Waals surface area (Å²) in [6.45, 7) is 7.07. The molecule has 1 aromatic carbocycles. The summed E-state index contributed by atoms with van der Waals surface area (Å²) >= 11 is 0. The zero-order valence-corrected chi connectivity index (χ0v) is 11.5. The lowest BCUT2D eigenvalue weighted by molar-refractivity contribution is -0.146. The van der Waals surface area contributed by atoms with Crippen LogP contribution in [0.25, 0.3) is 0 Å². The molecule has 0 atom stereocenters. The summed E-state index contributed by atoms with van der Waals surface area (Å²) in [5, 5.41) is 19.3. The highest BCUT2D eigenvalue weighted by Gasteiger charge is 2.30. The van der Waals surface area contributed by atoms with Gasteiger partial charge in [-0.15, -0.1) is 0 Å². The molecule has 0 aliphatic heterocycles. The van der Waals surface area contributed by atoms with Crippen LogP contribution in [0.4, 0.5) is 0 Å². The Labute approximate surface area is 107 Å². The second kappa shape index (κ2) is 4.88. The maximum atomic E-state index is 11.2. The normalized spacial score (nSPS) is 11.4. The molecule has 0 aliphatic carbocycles. The molecule has 0 bridgehead atoms. The molecule has 2 N–H and O–H groups in total. The third kappa shape index (κ3) is 2.58. The number of phenolic OH excluding ortho intramolecular Hbond substituents is 1. The monoisotopic (exact) mass is 252 g/mol. The summed E-state index contributed by atoms with van der Waals surface area (Å²) in [7, 11) is 1.48. The van der Waals surface area contributed by atoms with Gasteiger partial charge in [0.15, 0.2) is 11.5 Å². The number of aliphatic carboxylic acids is 1. The van der Waals surface area contributed by atoms with Gasteiger partial charge in [0, 0.05) is 5.56 Å². The lowest BCUT2D eigenvalue weighted by atomic mass is 9.83. The lowest BCUT2D eigenvalue weighted by Gasteiger charge is -2.22. The average molecular weight is 252 g/mol. The van der Waals surface area contributed by atoms with Crippen LogP contribution < -0.4 is 4.74 Å². The Hall–Kier alpha value is -1.71. The van der Waals surface area contributed by atoms with Crippen LogP contribution in [0, 0.1) is 19.3 Å². The van der Waals surface area contributed by atoms with Crippen molar-refractivity contribution in [1.82, 2.24) is 0 Å². The first-order valence-corrected chi connectivity index (χ1v) is 5.80. The van der Waals surface area contributed by atoms with E-state index >= 15 is 0 Å². The van der Waals surface area contributed by atoms with Crippen molar-refractivity contribution in [3.63, 3.8) is 0 Å². The molecule has 0 heterocycles. The molecular formula is C14H20O4. The summed E-state index contributed by atoms with van der Waals surface area (Å²) in [6, 6.07) is 1.75. The van der Waals surface area contributed by atoms with Crippen LogP contribution in [-0.2, 0) is 11.2 Å². The number of ether oxygens (including phenoxy) is 1. The summed E-state index contributed by atoms with van der Waals surface area (Å²) in [6.07, 6.45) is 0.262. The SMILES string of the molecule is COc1cc(C)c(C)c(CC(C)(C)C(=O)O)c1O. The van der Waals surface area contributed by atoms with E-state index in [1.165, 1.54) is 7.11 Å². The zero-order chi connectivity index (χ0) is 14.1. The second-order valence-electron chi connectivity index (χ2n) is 5.21. The minimum absolute atomic E-state index is 0.0370. The molecule has 0 saturated carbocycles. The van der Waals surface area contributed by atoms with Crippen LogP contribution in [0.5, 0.6) is 11.5 Å². The summed E-state index contributed by atoms with van der Waals surface area (Å²) in [4.78, 5) is 11.2. The predicted octanol–water partition coefficient (Wildman–Crippen LogP) is 2.67. The van der Waals surface area contributed by atoms with Crippen LogP contribution in [0.2, 0.25) is 0 Å². The third-order valence-electron chi connectivity index (χ3n) is 3.33. The van der Waals surface area contributed by atoms with Crippen molar-refractivity contribution in [2.45, 2.75) is 34.1 Å². The van der Waals surface area contributed by atoms with Gasteiger partial charge >= 0.3 is 5.97 Å². The molecule has 0 spiro atoms. The maximum Gasteiger partial charge on any atom is 0.309 e. The lowest BCUT2D eigenvalue weighted by Crippen LogP contribution is -2.26. The number of aryl methyl sites for hydroxylation is 1. The molecule has 0 amide bonds. The van der Waals surface area contributed by atoms with Gasteiger partial charge in [0.1, 0.15) is 0 Å². The summed E-state index contributed by atoms with van der Waals surface area (Å²) in [5.74, 6) is -0.467. The maximum absolute atomic E-state index is 11.2. The molecule has 100 valence electrons. The van der Waals surface area contributed by atoms with Crippen molar-refractivity contribution in [3.8, 4) is 11.5 Å². The first-order chi connectivity index (χ1) is 8.20. The molecule has 0 saturated heterocycles. The fourth-order valence-electron chi connectivity index (χ4n) is 1.83. The minimum atomic E-state index is -0.930. The highest BCUT2D eigenvalue weighted by Crippen LogP contribution is 2.38. The molecule has 0 radical (unpaired) electrons. The Morgan fingerprint density at radius 3 is 2.39 bits per heavy atom. The molecule has 18 heavy (non-hydrogen) atoms. The number of benzene rings is 1. The Morgan fingerprint density at radius 2 is 1.94 bits per heavy atom. The molecular weight excluding hydrogens is 232 g/mol. The molecule has 0 aromatic heterocycles. The number of carbonyl (C=O) groups is 1. The van der Waals surface area contributed by atoms with E-state index in [0.29, 0.717) is 11.3 Å². The van der Waals surface area contributed by atoms with Gasteiger partial charge in [0.25, 0.3) is 0 Å². The Kier molecular flexibility index (Phi) is 3.89. The van der Waals surface area contributed by atoms with Gasteiger partial charge in [-0.25, -0.2) is 0 Å². The summed E-state index contributed by atoms with van der Waals surface area (Å²) < 4.78 is 5.10. The molecule has 1 aromatic rings. The first kappa shape index (κ1) is 14.4. The molecule has 4 nitrogen and oxygen atoms in total. The van der Waals surface area contributed by atoms with Crippen molar-refractivity contribution in [2.24, 2.45) is 5.41 Å². The smallest absolute Gasteiger partial charge is 0.309 e. The van der Waals surface area contributed by atoms with E-state index in [-0.39, 0.29) is 12.2 Å². The van der Waals surface area contributed by atoms with Crippen LogP contribution in [0.3, 0.4) is 0 Å². The largest absolute Gasteiger partial charge is 0.504 e. The van der Waals surface area contributed by atoms with E-state index in [2.05, 4.69) is 0 Å². The fourth-order valence-corrected chi connectivity index (χ4v) is 1.83. The van der Waals surface area contributed by atoms with E-state index in [4.69, 9.17) is 9.84 Å². The van der Waals surface area contributed by atoms with E-state index in [1.54, 1.807) is 19.9 Å². The first-order valence-electron chi connectivity index (χ1n) is 5.80. The highest BCUT2D eigenvalue weighted by molar-refractivity contribution is 5.74. The molecule has 0 fully saturated rings. The topological polar surface area (TPSA) is 66.8 Å². The summed E-state index contributed by atoms with van der Waals surface area (Å²) in [5.41, 5.74) is 1.59. The molecule has 0 unspecified atom stereocenters. The van der Waals surface area contributed by atoms with Crippen LogP contribution in [-0.4, -0.2) is 23.3 Å². The number of rotatable bonds is 4. The van der Waals surface area contributed by atoms with Gasteiger partial charge < -0.3 is 14.9 Å². The van der Waals surface area contributed by atoms with Gasteiger partial charge in [-0.2, -0.15) is 0 Å². The van der Waals surface area contributed by atoms with Gasteiger partial charge in [-0.3, -0.25) is 4.79 Å². The van der Waals surface area contributed by atoms with Crippen LogP contribution in [0.1, 0.15) is 30.5 Å². The van der Waals surface area contributed by atoms with Gasteiger partial charge in [0.05, 0.1) is 12.5 Å². The third-order valence-corrected chi connectivity index (χ3v) is 3.33. The second-order valence-corrected chi connectivity index (χ2v) is 5.21. The Morgan fingerprint density at radius 1 is 1.39 bits per heavy atom. The molecule has 4 heteroatoms. The number of hydrogen-bond donors (Lipinski definition) is 2. The van der Waals surface area contributed by atoms with Crippen molar-refractivity contribution in [2.75, 3.05) is 7.11 Å². The fraction of sp³-hybridized carbons (Fsp3) is 0.500. The van der Waals surface area contributed by atoms with Crippen molar-refractivity contribution < 1.29 is 19.7 Å². The molecule has 0 aliphatic rings. The van der Waals surface area contributed by atoms with Crippen molar-refractivity contribution >= 4 is 5.97 Å². The highest BCUT2D eigenvalue weighted by atomic mass is 16.5. The van der Waals surface area contributed by atoms with Crippen LogP contribution >= 0.6 is 0 Å². The Bertz CT molecular complexity index is 475. The zero-order valence-electron chi connectivity index (χ0n) is 11.5. The number of carboxylic acids is 1. The minimum Gasteiger partial charge on any atom is -0.504 e. The van der Waals surface area contributed by atoms with Crippen LogP contribution in [0.15, 0.2) is 6.07 Å². The van der Waals surface area contributed by atoms with Crippen molar-refractivity contribution in [1.29, 1.82) is 0 Å². The number of hydrogen-bond acceptors (Lipinski definition) is 3.